The molecule has 10 nitrogen and oxygen atoms in total. The van der Waals surface area contributed by atoms with E-state index in [9.17, 15) is 29.4 Å². The zero-order valence-corrected chi connectivity index (χ0v) is 21.2. The fraction of sp³-hybridized carbons (Fsp3) is 0.500. The number of aromatic nitrogens is 1. The number of rotatable bonds is 5. The fourth-order valence-corrected chi connectivity index (χ4v) is 9.89. The van der Waals surface area contributed by atoms with Crippen molar-refractivity contribution in [1.82, 2.24) is 9.88 Å². The summed E-state index contributed by atoms with van der Waals surface area (Å²) in [6.45, 7) is 1.36. The molecular formula is C24H24N2O8S2. The summed E-state index contributed by atoms with van der Waals surface area (Å²) >= 11 is 2.67. The molecule has 0 radical (unpaired) electrons. The van der Waals surface area contributed by atoms with Crippen LogP contribution in [0.1, 0.15) is 29.7 Å². The Kier molecular flexibility index (Phi) is 5.21. The number of likely N-dealkylation sites (tertiary alicyclic amines) is 1. The number of phenolic OH excluding ortho intramolecular Hbond substituents is 1. The number of imide groups is 1. The average Bonchev–Trinajstić information content (AvgIpc) is 3.57. The number of thiazole rings is 1. The molecule has 36 heavy (non-hydrogen) atoms. The summed E-state index contributed by atoms with van der Waals surface area (Å²) in [6, 6.07) is 2.24. The molecule has 0 spiro atoms. The minimum absolute atomic E-state index is 0.0402. The molecule has 2 aromatic rings. The maximum atomic E-state index is 13.5. The second kappa shape index (κ2) is 8.01. The highest BCUT2D eigenvalue weighted by molar-refractivity contribution is 8.00. The molecule has 1 saturated heterocycles. The lowest BCUT2D eigenvalue weighted by Crippen LogP contribution is -2.44. The van der Waals surface area contributed by atoms with Crippen LogP contribution in [0.15, 0.2) is 22.0 Å². The van der Waals surface area contributed by atoms with E-state index in [4.69, 9.17) is 9.47 Å². The topological polar surface area (TPSA) is 146 Å². The number of hydrogen-bond acceptors (Lipinski definition) is 9. The molecule has 3 heterocycles. The Labute approximate surface area is 213 Å². The molecule has 1 aromatic carbocycles. The van der Waals surface area contributed by atoms with E-state index < -0.39 is 35.7 Å². The van der Waals surface area contributed by atoms with E-state index in [1.54, 1.807) is 23.9 Å². The molecule has 3 N–H and O–H groups in total. The highest BCUT2D eigenvalue weighted by atomic mass is 32.2. The van der Waals surface area contributed by atoms with Gasteiger partial charge in [0.15, 0.2) is 11.5 Å². The van der Waals surface area contributed by atoms with Gasteiger partial charge in [-0.3, -0.25) is 19.3 Å². The summed E-state index contributed by atoms with van der Waals surface area (Å²) in [6.07, 6.45) is 0.687. The minimum atomic E-state index is -1.22. The van der Waals surface area contributed by atoms with Crippen LogP contribution in [0, 0.1) is 29.6 Å². The summed E-state index contributed by atoms with van der Waals surface area (Å²) in [5, 5.41) is 20.7. The predicted molar refractivity (Wildman–Crippen MR) is 129 cm³/mol. The predicted octanol–water partition coefficient (Wildman–Crippen LogP) is 2.11. The summed E-state index contributed by atoms with van der Waals surface area (Å²) in [5.41, 5.74) is 0.782. The number of fused-ring (bicyclic) bond motifs is 9. The first-order valence-electron chi connectivity index (χ1n) is 11.6. The first kappa shape index (κ1) is 23.4. The van der Waals surface area contributed by atoms with Crippen LogP contribution >= 0.6 is 23.1 Å². The van der Waals surface area contributed by atoms with Gasteiger partial charge in [-0.2, -0.15) is 0 Å². The lowest BCUT2D eigenvalue weighted by atomic mass is 9.68. The van der Waals surface area contributed by atoms with Crippen molar-refractivity contribution in [3.05, 3.63) is 32.2 Å². The second-order valence-corrected chi connectivity index (χ2v) is 12.0. The van der Waals surface area contributed by atoms with Gasteiger partial charge in [0, 0.05) is 16.0 Å². The lowest BCUT2D eigenvalue weighted by molar-refractivity contribution is -0.154. The number of thioether (sulfide) groups is 1. The van der Waals surface area contributed by atoms with Crippen molar-refractivity contribution in [3.63, 3.8) is 0 Å². The Balaban J connectivity index is 1.48. The SMILES string of the molecule is COc1cc([C@@H]2c3sc(=O)[nH]c3S[C@@H]3[C@H]4C[C@@H]([C@@H]5C(=O)N([C@@H](C)C(=O)O)C(=O)[C@@H]45)[C@@H]23)cc(OC)c1O. The van der Waals surface area contributed by atoms with Crippen molar-refractivity contribution in [1.29, 1.82) is 0 Å². The van der Waals surface area contributed by atoms with Gasteiger partial charge in [-0.1, -0.05) is 11.3 Å². The van der Waals surface area contributed by atoms with Crippen molar-refractivity contribution in [2.45, 2.75) is 35.6 Å². The summed E-state index contributed by atoms with van der Waals surface area (Å²) in [7, 11) is 2.89. The van der Waals surface area contributed by atoms with Crippen molar-refractivity contribution in [3.8, 4) is 17.2 Å². The third kappa shape index (κ3) is 2.97. The molecule has 0 unspecified atom stereocenters. The van der Waals surface area contributed by atoms with Crippen LogP contribution in [0.3, 0.4) is 0 Å². The maximum Gasteiger partial charge on any atom is 0.326 e. The van der Waals surface area contributed by atoms with Gasteiger partial charge < -0.3 is 24.7 Å². The van der Waals surface area contributed by atoms with E-state index in [0.717, 1.165) is 31.7 Å². The number of aliphatic carboxylic acids is 1. The Morgan fingerprint density at radius 3 is 2.31 bits per heavy atom. The number of benzene rings is 1. The number of methoxy groups -OCH3 is 2. The zero-order valence-electron chi connectivity index (χ0n) is 19.6. The number of nitrogens with zero attached hydrogens (tertiary/aromatic N) is 1. The molecule has 190 valence electrons. The highest BCUT2D eigenvalue weighted by Crippen LogP contribution is 2.69. The first-order valence-corrected chi connectivity index (χ1v) is 13.3. The third-order valence-electron chi connectivity index (χ3n) is 8.36. The van der Waals surface area contributed by atoms with Crippen molar-refractivity contribution in [2.24, 2.45) is 29.6 Å². The Bertz CT molecular complexity index is 1340. The summed E-state index contributed by atoms with van der Waals surface area (Å²) < 4.78 is 10.8. The van der Waals surface area contributed by atoms with Gasteiger partial charge in [0.1, 0.15) is 6.04 Å². The second-order valence-electron chi connectivity index (χ2n) is 9.80. The summed E-state index contributed by atoms with van der Waals surface area (Å²) in [4.78, 5) is 55.4. The molecule has 1 aromatic heterocycles. The van der Waals surface area contributed by atoms with Crippen LogP contribution in [0.25, 0.3) is 0 Å². The number of carbonyl (C=O) groups excluding carboxylic acids is 2. The highest BCUT2D eigenvalue weighted by Gasteiger charge is 2.70. The van der Waals surface area contributed by atoms with E-state index in [-0.39, 0.29) is 51.0 Å². The number of carboxylic acid groups (broad SMARTS) is 1. The molecule has 2 saturated carbocycles. The van der Waals surface area contributed by atoms with Gasteiger partial charge in [-0.05, 0) is 48.8 Å². The smallest absolute Gasteiger partial charge is 0.326 e. The number of aromatic amines is 1. The van der Waals surface area contributed by atoms with E-state index in [1.807, 2.05) is 0 Å². The average molecular weight is 533 g/mol. The van der Waals surface area contributed by atoms with Gasteiger partial charge in [0.05, 0.1) is 31.1 Å². The number of carbonyl (C=O) groups is 3. The number of aromatic hydroxyl groups is 1. The van der Waals surface area contributed by atoms with Gasteiger partial charge in [0.25, 0.3) is 0 Å². The quantitative estimate of drug-likeness (QED) is 0.493. The molecule has 2 bridgehead atoms. The van der Waals surface area contributed by atoms with Gasteiger partial charge >= 0.3 is 10.8 Å². The number of nitrogens with one attached hydrogen (secondary N) is 1. The molecule has 3 fully saturated rings. The molecule has 12 heteroatoms. The van der Waals surface area contributed by atoms with Gasteiger partial charge in [0.2, 0.25) is 17.6 Å². The molecule has 8 atom stereocenters. The number of ether oxygens (including phenoxy) is 2. The Morgan fingerprint density at radius 2 is 1.72 bits per heavy atom. The molecule has 2 amide bonds. The lowest BCUT2D eigenvalue weighted by Gasteiger charge is -2.43. The van der Waals surface area contributed by atoms with Crippen LogP contribution < -0.4 is 14.3 Å². The van der Waals surface area contributed by atoms with Crippen molar-refractivity contribution >= 4 is 40.9 Å². The monoisotopic (exact) mass is 532 g/mol. The first-order chi connectivity index (χ1) is 17.2. The third-order valence-corrected chi connectivity index (χ3v) is 11.0. The van der Waals surface area contributed by atoms with Crippen molar-refractivity contribution < 1.29 is 34.1 Å². The number of H-pyrrole nitrogens is 1. The van der Waals surface area contributed by atoms with E-state index in [0.29, 0.717) is 6.42 Å². The maximum absolute atomic E-state index is 13.5. The molecular weight excluding hydrogens is 508 g/mol. The minimum Gasteiger partial charge on any atom is -0.502 e. The standard InChI is InChI=1S/C24H24N2O8S2/c1-7(23(30)31)26-21(28)15-9-6-10(16(15)22(26)29)18-14(9)13(19-20(35-18)25-24(32)36-19)8-4-11(33-2)17(27)12(5-8)34-3/h4-5,7,9-10,13-16,18,27H,6H2,1-3H3,(H,25,32)(H,30,31)/t7-,9+,10-,13-,14-,15-,16-,18+/m0/s1. The zero-order chi connectivity index (χ0) is 25.6. The van der Waals surface area contributed by atoms with E-state index in [1.165, 1.54) is 21.1 Å². The normalized spacial score (nSPS) is 32.8. The number of hydrogen-bond donors (Lipinski definition) is 3. The van der Waals surface area contributed by atoms with Crippen LogP contribution in [0.2, 0.25) is 0 Å². The van der Waals surface area contributed by atoms with Gasteiger partial charge in [-0.25, -0.2) is 4.79 Å². The number of phenols is 1. The Morgan fingerprint density at radius 1 is 1.11 bits per heavy atom. The summed E-state index contributed by atoms with van der Waals surface area (Å²) in [5.74, 6) is -3.44. The molecule has 4 aliphatic rings. The van der Waals surface area contributed by atoms with Crippen LogP contribution in [0.4, 0.5) is 0 Å². The van der Waals surface area contributed by atoms with E-state index in [2.05, 4.69) is 4.98 Å². The Hall–Kier alpha value is -2.99. The van der Waals surface area contributed by atoms with Crippen molar-refractivity contribution in [2.75, 3.05) is 14.2 Å². The molecule has 2 aliphatic carbocycles. The van der Waals surface area contributed by atoms with Crippen LogP contribution in [-0.2, 0) is 14.4 Å². The number of carboxylic acids is 1. The van der Waals surface area contributed by atoms with Crippen LogP contribution in [-0.4, -0.2) is 63.4 Å². The number of amides is 2. The van der Waals surface area contributed by atoms with Crippen LogP contribution in [0.5, 0.6) is 17.2 Å². The van der Waals surface area contributed by atoms with Gasteiger partial charge in [-0.15, -0.1) is 11.8 Å². The van der Waals surface area contributed by atoms with E-state index >= 15 is 0 Å². The molecule has 2 aliphatic heterocycles. The fourth-order valence-electron chi connectivity index (χ4n) is 7.00. The largest absolute Gasteiger partial charge is 0.502 e. The molecule has 6 rings (SSSR count).